The van der Waals surface area contributed by atoms with Crippen LogP contribution in [-0.2, 0) is 0 Å². The summed E-state index contributed by atoms with van der Waals surface area (Å²) in [6, 6.07) is 0. The molecule has 1 aliphatic rings. The van der Waals surface area contributed by atoms with Crippen molar-refractivity contribution in [3.63, 3.8) is 0 Å². The molecule has 0 saturated heterocycles. The maximum absolute atomic E-state index is 13.2. The summed E-state index contributed by atoms with van der Waals surface area (Å²) in [6.07, 6.45) is 0.959. The highest BCUT2D eigenvalue weighted by Gasteiger charge is 2.46. The maximum Gasteiger partial charge on any atom is 0.257 e. The van der Waals surface area contributed by atoms with Crippen LogP contribution in [0.5, 0.6) is 0 Å². The Morgan fingerprint density at radius 1 is 1.69 bits per heavy atom. The van der Waals surface area contributed by atoms with Gasteiger partial charge in [-0.3, -0.25) is 4.99 Å². The van der Waals surface area contributed by atoms with Gasteiger partial charge >= 0.3 is 0 Å². The van der Waals surface area contributed by atoms with Gasteiger partial charge in [0.25, 0.3) is 5.92 Å². The summed E-state index contributed by atoms with van der Waals surface area (Å²) >= 11 is 0. The molecule has 0 spiro atoms. The number of aliphatic imine (C=N–C) groups is 1. The van der Waals surface area contributed by atoms with Gasteiger partial charge in [0.15, 0.2) is 0 Å². The van der Waals surface area contributed by atoms with Crippen molar-refractivity contribution in [3.8, 4) is 0 Å². The molecule has 1 unspecified atom stereocenters. The summed E-state index contributed by atoms with van der Waals surface area (Å²) in [5.74, 6) is 1.94. The summed E-state index contributed by atoms with van der Waals surface area (Å²) in [5, 5.41) is 0. The second kappa shape index (κ2) is 4.00. The first-order chi connectivity index (χ1) is 6.11. The molecule has 0 aromatic heterocycles. The van der Waals surface area contributed by atoms with E-state index in [9.17, 15) is 8.78 Å². The van der Waals surface area contributed by atoms with Crippen molar-refractivity contribution < 1.29 is 8.78 Å². The molecule has 0 heterocycles. The number of hydrazine groups is 1. The normalized spacial score (nSPS) is 27.7. The number of hydrogen-bond donors (Lipinski definition) is 2. The van der Waals surface area contributed by atoms with E-state index >= 15 is 0 Å². The van der Waals surface area contributed by atoms with E-state index in [1.54, 1.807) is 6.92 Å². The zero-order valence-corrected chi connectivity index (χ0v) is 7.69. The lowest BCUT2D eigenvalue weighted by Gasteiger charge is -2.20. The van der Waals surface area contributed by atoms with Gasteiger partial charge in [-0.15, -0.1) is 0 Å². The van der Waals surface area contributed by atoms with Gasteiger partial charge in [0.05, 0.1) is 5.92 Å². The van der Waals surface area contributed by atoms with E-state index in [0.717, 1.165) is 0 Å². The van der Waals surface area contributed by atoms with Crippen LogP contribution in [0.25, 0.3) is 0 Å². The van der Waals surface area contributed by atoms with Crippen LogP contribution in [0.1, 0.15) is 26.2 Å². The fourth-order valence-electron chi connectivity index (χ4n) is 1.69. The lowest BCUT2D eigenvalue weighted by Crippen LogP contribution is -2.42. The number of alkyl halides is 2. The number of nitrogens with one attached hydrogen (secondary N) is 1. The first-order valence-corrected chi connectivity index (χ1v) is 4.50. The van der Waals surface area contributed by atoms with Crippen LogP contribution in [0.15, 0.2) is 4.99 Å². The molecule has 0 aromatic carbocycles. The van der Waals surface area contributed by atoms with E-state index in [1.807, 2.05) is 0 Å². The monoisotopic (exact) mass is 191 g/mol. The predicted molar refractivity (Wildman–Crippen MR) is 47.6 cm³/mol. The molecule has 1 atom stereocenters. The minimum Gasteiger partial charge on any atom is -0.312 e. The fourth-order valence-corrected chi connectivity index (χ4v) is 1.69. The largest absolute Gasteiger partial charge is 0.312 e. The van der Waals surface area contributed by atoms with Crippen molar-refractivity contribution in [2.45, 2.75) is 32.1 Å². The van der Waals surface area contributed by atoms with Crippen molar-refractivity contribution in [2.24, 2.45) is 16.8 Å². The number of nitrogens with two attached hydrogens (primary N) is 1. The molecule has 0 amide bonds. The van der Waals surface area contributed by atoms with Gasteiger partial charge in [0.1, 0.15) is 5.84 Å². The molecule has 0 aromatic rings. The summed E-state index contributed by atoms with van der Waals surface area (Å²) in [7, 11) is 0. The Hall–Kier alpha value is -0.710. The second-order valence-corrected chi connectivity index (χ2v) is 3.21. The van der Waals surface area contributed by atoms with Gasteiger partial charge in [-0.25, -0.2) is 14.6 Å². The maximum atomic E-state index is 13.2. The highest BCUT2D eigenvalue weighted by atomic mass is 19.3. The Morgan fingerprint density at radius 3 is 2.77 bits per heavy atom. The second-order valence-electron chi connectivity index (χ2n) is 3.21. The summed E-state index contributed by atoms with van der Waals surface area (Å²) in [5.41, 5.74) is 2.27. The molecule has 1 fully saturated rings. The van der Waals surface area contributed by atoms with Crippen molar-refractivity contribution in [3.05, 3.63) is 0 Å². The third kappa shape index (κ3) is 2.15. The van der Waals surface area contributed by atoms with Crippen LogP contribution in [0.3, 0.4) is 0 Å². The summed E-state index contributed by atoms with van der Waals surface area (Å²) < 4.78 is 26.4. The number of rotatable bonds is 2. The van der Waals surface area contributed by atoms with E-state index in [-0.39, 0.29) is 12.3 Å². The lowest BCUT2D eigenvalue weighted by atomic mass is 10.0. The van der Waals surface area contributed by atoms with E-state index < -0.39 is 11.8 Å². The molecule has 1 saturated carbocycles. The zero-order chi connectivity index (χ0) is 9.90. The molecule has 13 heavy (non-hydrogen) atoms. The highest BCUT2D eigenvalue weighted by molar-refractivity contribution is 5.85. The number of nitrogens with zero attached hydrogens (tertiary/aromatic N) is 1. The topological polar surface area (TPSA) is 50.4 Å². The average molecular weight is 191 g/mol. The molecule has 0 aliphatic heterocycles. The molecule has 76 valence electrons. The molecule has 3 N–H and O–H groups in total. The molecule has 5 heteroatoms. The molecule has 1 rings (SSSR count). The first kappa shape index (κ1) is 10.4. The predicted octanol–water partition coefficient (Wildman–Crippen LogP) is 1.30. The van der Waals surface area contributed by atoms with Gasteiger partial charge in [-0.1, -0.05) is 0 Å². The van der Waals surface area contributed by atoms with Crippen molar-refractivity contribution in [2.75, 3.05) is 6.54 Å². The van der Waals surface area contributed by atoms with Crippen LogP contribution < -0.4 is 11.3 Å². The van der Waals surface area contributed by atoms with E-state index in [4.69, 9.17) is 5.84 Å². The average Bonchev–Trinajstić information content (AvgIpc) is 2.41. The number of halogens is 2. The minimum absolute atomic E-state index is 0.0535. The number of hydrogen-bond acceptors (Lipinski definition) is 2. The Bertz CT molecular complexity index is 204. The van der Waals surface area contributed by atoms with Crippen molar-refractivity contribution in [1.29, 1.82) is 0 Å². The molecule has 1 aliphatic carbocycles. The Balaban J connectivity index is 2.74. The number of amidine groups is 1. The van der Waals surface area contributed by atoms with E-state index in [2.05, 4.69) is 10.4 Å². The molecular weight excluding hydrogens is 176 g/mol. The van der Waals surface area contributed by atoms with Crippen molar-refractivity contribution in [1.82, 2.24) is 5.43 Å². The van der Waals surface area contributed by atoms with Crippen LogP contribution >= 0.6 is 0 Å². The Morgan fingerprint density at radius 2 is 2.38 bits per heavy atom. The van der Waals surface area contributed by atoms with Crippen LogP contribution in [0.2, 0.25) is 0 Å². The molecule has 0 radical (unpaired) electrons. The molecule has 3 nitrogen and oxygen atoms in total. The van der Waals surface area contributed by atoms with Crippen LogP contribution in [0.4, 0.5) is 8.78 Å². The zero-order valence-electron chi connectivity index (χ0n) is 7.69. The smallest absolute Gasteiger partial charge is 0.257 e. The SMILES string of the molecule is CCN=C(NN)C1CCCC1(F)F. The highest BCUT2D eigenvalue weighted by Crippen LogP contribution is 2.40. The summed E-state index contributed by atoms with van der Waals surface area (Å²) in [6.45, 7) is 2.27. The third-order valence-corrected chi connectivity index (χ3v) is 2.32. The Kier molecular flexibility index (Phi) is 3.19. The quantitative estimate of drug-likeness (QED) is 0.299. The van der Waals surface area contributed by atoms with Gasteiger partial charge in [-0.2, -0.15) is 0 Å². The standard InChI is InChI=1S/C8H15F2N3/c1-2-12-7(13-11)6-4-3-5-8(6,9)10/h6H,2-5,11H2,1H3,(H,12,13). The summed E-state index contributed by atoms with van der Waals surface area (Å²) in [4.78, 5) is 3.92. The van der Waals surface area contributed by atoms with Gasteiger partial charge in [0, 0.05) is 13.0 Å². The Labute approximate surface area is 76.4 Å². The van der Waals surface area contributed by atoms with E-state index in [0.29, 0.717) is 19.4 Å². The van der Waals surface area contributed by atoms with Crippen LogP contribution in [0, 0.1) is 5.92 Å². The third-order valence-electron chi connectivity index (χ3n) is 2.32. The first-order valence-electron chi connectivity index (χ1n) is 4.50. The van der Waals surface area contributed by atoms with Crippen molar-refractivity contribution >= 4 is 5.84 Å². The molecule has 0 bridgehead atoms. The van der Waals surface area contributed by atoms with Crippen LogP contribution in [-0.4, -0.2) is 18.3 Å². The van der Waals surface area contributed by atoms with Gasteiger partial charge in [0.2, 0.25) is 0 Å². The fraction of sp³-hybridized carbons (Fsp3) is 0.875. The van der Waals surface area contributed by atoms with E-state index in [1.165, 1.54) is 0 Å². The minimum atomic E-state index is -2.64. The lowest BCUT2D eigenvalue weighted by molar-refractivity contribution is -0.0144. The van der Waals surface area contributed by atoms with Gasteiger partial charge in [-0.05, 0) is 19.8 Å². The molecular formula is C8H15F2N3. The van der Waals surface area contributed by atoms with Gasteiger partial charge < -0.3 is 5.43 Å².